The topological polar surface area (TPSA) is 59.2 Å². The SMILES string of the molecule is CC(C)OC(=O)c1c[nH]c2ccc(F)cc2c1=O. The summed E-state index contributed by atoms with van der Waals surface area (Å²) in [5, 5.41) is 0.133. The highest BCUT2D eigenvalue weighted by atomic mass is 19.1. The van der Waals surface area contributed by atoms with Crippen LogP contribution in [0.4, 0.5) is 4.39 Å². The fraction of sp³-hybridized carbons (Fsp3) is 0.231. The fourth-order valence-corrected chi connectivity index (χ4v) is 1.62. The first kappa shape index (κ1) is 12.3. The molecule has 1 aromatic carbocycles. The molecule has 2 aromatic rings. The number of esters is 1. The number of hydrogen-bond acceptors (Lipinski definition) is 3. The van der Waals surface area contributed by atoms with Gasteiger partial charge in [-0.15, -0.1) is 0 Å². The second kappa shape index (κ2) is 4.60. The Bertz CT molecular complexity index is 661. The molecule has 0 unspecified atom stereocenters. The van der Waals surface area contributed by atoms with E-state index in [0.717, 1.165) is 6.07 Å². The molecule has 0 radical (unpaired) electrons. The average molecular weight is 249 g/mol. The summed E-state index contributed by atoms with van der Waals surface area (Å²) in [6, 6.07) is 3.79. The Morgan fingerprint density at radius 3 is 2.78 bits per heavy atom. The molecule has 0 bridgehead atoms. The maximum absolute atomic E-state index is 13.1. The van der Waals surface area contributed by atoms with Gasteiger partial charge < -0.3 is 9.72 Å². The van der Waals surface area contributed by atoms with Crippen molar-refractivity contribution in [3.8, 4) is 0 Å². The van der Waals surface area contributed by atoms with Crippen LogP contribution in [0.3, 0.4) is 0 Å². The first-order valence-electron chi connectivity index (χ1n) is 5.51. The zero-order chi connectivity index (χ0) is 13.3. The number of nitrogens with one attached hydrogen (secondary N) is 1. The molecule has 1 heterocycles. The predicted octanol–water partition coefficient (Wildman–Crippen LogP) is 2.23. The molecule has 0 saturated heterocycles. The molecule has 94 valence electrons. The summed E-state index contributed by atoms with van der Waals surface area (Å²) >= 11 is 0. The van der Waals surface area contributed by atoms with Crippen molar-refractivity contribution in [1.82, 2.24) is 4.98 Å². The third-order valence-corrected chi connectivity index (χ3v) is 2.41. The molecular formula is C13H12FNO3. The molecule has 0 aliphatic rings. The van der Waals surface area contributed by atoms with Crippen molar-refractivity contribution < 1.29 is 13.9 Å². The fourth-order valence-electron chi connectivity index (χ4n) is 1.62. The number of rotatable bonds is 2. The van der Waals surface area contributed by atoms with Crippen LogP contribution in [0.5, 0.6) is 0 Å². The summed E-state index contributed by atoms with van der Waals surface area (Å²) in [5.74, 6) is -1.24. The Kier molecular flexibility index (Phi) is 3.14. The van der Waals surface area contributed by atoms with Gasteiger partial charge in [0.15, 0.2) is 0 Å². The van der Waals surface area contributed by atoms with Crippen LogP contribution in [0.25, 0.3) is 10.9 Å². The Hall–Kier alpha value is -2.17. The standard InChI is InChI=1S/C13H12FNO3/c1-7(2)18-13(17)10-6-15-11-4-3-8(14)5-9(11)12(10)16/h3-7H,1-2H3,(H,15,16). The molecule has 5 heteroatoms. The number of benzene rings is 1. The summed E-state index contributed by atoms with van der Waals surface area (Å²) in [4.78, 5) is 26.5. The third kappa shape index (κ3) is 2.25. The number of carbonyl (C=O) groups excluding carboxylic acids is 1. The predicted molar refractivity (Wildman–Crippen MR) is 65.1 cm³/mol. The highest BCUT2D eigenvalue weighted by Crippen LogP contribution is 2.10. The third-order valence-electron chi connectivity index (χ3n) is 2.41. The molecule has 4 nitrogen and oxygen atoms in total. The van der Waals surface area contributed by atoms with E-state index in [1.807, 2.05) is 0 Å². The molecule has 0 aliphatic heterocycles. The van der Waals surface area contributed by atoms with Gasteiger partial charge in [0, 0.05) is 17.1 Å². The van der Waals surface area contributed by atoms with E-state index in [4.69, 9.17) is 4.74 Å². The molecule has 0 amide bonds. The summed E-state index contributed by atoms with van der Waals surface area (Å²) in [6.07, 6.45) is 0.966. The zero-order valence-electron chi connectivity index (χ0n) is 9.99. The number of carbonyl (C=O) groups is 1. The number of hydrogen-bond donors (Lipinski definition) is 1. The number of aromatic amines is 1. The molecule has 0 fully saturated rings. The van der Waals surface area contributed by atoms with Crippen LogP contribution in [-0.4, -0.2) is 17.1 Å². The van der Waals surface area contributed by atoms with E-state index in [1.54, 1.807) is 13.8 Å². The average Bonchev–Trinajstić information content (AvgIpc) is 2.29. The van der Waals surface area contributed by atoms with Gasteiger partial charge in [0.25, 0.3) is 0 Å². The zero-order valence-corrected chi connectivity index (χ0v) is 9.99. The first-order chi connectivity index (χ1) is 8.49. The largest absolute Gasteiger partial charge is 0.459 e. The Balaban J connectivity index is 2.57. The molecule has 18 heavy (non-hydrogen) atoms. The van der Waals surface area contributed by atoms with E-state index in [2.05, 4.69) is 4.98 Å². The maximum Gasteiger partial charge on any atom is 0.343 e. The minimum absolute atomic E-state index is 0.123. The van der Waals surface area contributed by atoms with E-state index < -0.39 is 17.2 Å². The quantitative estimate of drug-likeness (QED) is 0.830. The van der Waals surface area contributed by atoms with Crippen LogP contribution in [-0.2, 0) is 4.74 Å². The van der Waals surface area contributed by atoms with Gasteiger partial charge in [-0.1, -0.05) is 0 Å². The van der Waals surface area contributed by atoms with Gasteiger partial charge in [-0.3, -0.25) is 4.79 Å². The smallest absolute Gasteiger partial charge is 0.343 e. The molecular weight excluding hydrogens is 237 g/mol. The highest BCUT2D eigenvalue weighted by molar-refractivity contribution is 5.93. The molecule has 0 saturated carbocycles. The van der Waals surface area contributed by atoms with Gasteiger partial charge in [0.05, 0.1) is 6.10 Å². The second-order valence-corrected chi connectivity index (χ2v) is 4.18. The Morgan fingerprint density at radius 2 is 2.11 bits per heavy atom. The Morgan fingerprint density at radius 1 is 1.39 bits per heavy atom. The lowest BCUT2D eigenvalue weighted by Crippen LogP contribution is -2.20. The van der Waals surface area contributed by atoms with Crippen LogP contribution in [0.15, 0.2) is 29.2 Å². The molecule has 1 N–H and O–H groups in total. The molecule has 1 aromatic heterocycles. The minimum atomic E-state index is -0.711. The highest BCUT2D eigenvalue weighted by Gasteiger charge is 2.15. The Labute approximate surface area is 102 Å². The van der Waals surface area contributed by atoms with Crippen molar-refractivity contribution in [1.29, 1.82) is 0 Å². The first-order valence-corrected chi connectivity index (χ1v) is 5.51. The van der Waals surface area contributed by atoms with Crippen molar-refractivity contribution in [3.05, 3.63) is 46.0 Å². The molecule has 0 atom stereocenters. The maximum atomic E-state index is 13.1. The van der Waals surface area contributed by atoms with Crippen molar-refractivity contribution in [3.63, 3.8) is 0 Å². The molecule has 0 spiro atoms. The number of H-pyrrole nitrogens is 1. The van der Waals surface area contributed by atoms with Gasteiger partial charge in [0.2, 0.25) is 5.43 Å². The summed E-state index contributed by atoms with van der Waals surface area (Å²) in [5.41, 5.74) is -0.182. The number of ether oxygens (including phenoxy) is 1. The number of aromatic nitrogens is 1. The van der Waals surface area contributed by atoms with Gasteiger partial charge in [-0.25, -0.2) is 9.18 Å². The summed E-state index contributed by atoms with van der Waals surface area (Å²) < 4.78 is 18.0. The van der Waals surface area contributed by atoms with Gasteiger partial charge in [0.1, 0.15) is 11.4 Å². The minimum Gasteiger partial charge on any atom is -0.459 e. The van der Waals surface area contributed by atoms with Crippen molar-refractivity contribution in [2.75, 3.05) is 0 Å². The van der Waals surface area contributed by atoms with E-state index in [-0.39, 0.29) is 17.1 Å². The van der Waals surface area contributed by atoms with Crippen molar-refractivity contribution in [2.24, 2.45) is 0 Å². The van der Waals surface area contributed by atoms with Crippen molar-refractivity contribution in [2.45, 2.75) is 20.0 Å². The second-order valence-electron chi connectivity index (χ2n) is 4.18. The van der Waals surface area contributed by atoms with Gasteiger partial charge >= 0.3 is 5.97 Å². The normalized spacial score (nSPS) is 10.9. The monoisotopic (exact) mass is 249 g/mol. The molecule has 0 aliphatic carbocycles. The number of pyridine rings is 1. The van der Waals surface area contributed by atoms with E-state index in [0.29, 0.717) is 5.52 Å². The lowest BCUT2D eigenvalue weighted by Gasteiger charge is -2.07. The van der Waals surface area contributed by atoms with Crippen LogP contribution in [0.2, 0.25) is 0 Å². The van der Waals surface area contributed by atoms with E-state index >= 15 is 0 Å². The van der Waals surface area contributed by atoms with Gasteiger partial charge in [-0.05, 0) is 32.0 Å². The summed E-state index contributed by atoms with van der Waals surface area (Å²) in [6.45, 7) is 3.37. The number of fused-ring (bicyclic) bond motifs is 1. The van der Waals surface area contributed by atoms with Crippen LogP contribution in [0.1, 0.15) is 24.2 Å². The molecule has 2 rings (SSSR count). The van der Waals surface area contributed by atoms with Crippen LogP contribution >= 0.6 is 0 Å². The van der Waals surface area contributed by atoms with Crippen molar-refractivity contribution >= 4 is 16.9 Å². The van der Waals surface area contributed by atoms with Crippen LogP contribution < -0.4 is 5.43 Å². The summed E-state index contributed by atoms with van der Waals surface area (Å²) in [7, 11) is 0. The van der Waals surface area contributed by atoms with Gasteiger partial charge in [-0.2, -0.15) is 0 Å². The van der Waals surface area contributed by atoms with E-state index in [1.165, 1.54) is 18.3 Å². The van der Waals surface area contributed by atoms with E-state index in [9.17, 15) is 14.0 Å². The van der Waals surface area contributed by atoms with Crippen LogP contribution in [0, 0.1) is 5.82 Å². The lowest BCUT2D eigenvalue weighted by atomic mass is 10.1. The number of halogens is 1. The lowest BCUT2D eigenvalue weighted by molar-refractivity contribution is 0.0376.